The molecule has 0 bridgehead atoms. The molecule has 2 rings (SSSR count). The molecule has 9 heteroatoms. The molecule has 106 valence electrons. The summed E-state index contributed by atoms with van der Waals surface area (Å²) in [7, 11) is -4.04. The molecule has 0 atom stereocenters. The molecule has 0 saturated carbocycles. The first-order valence-corrected chi connectivity index (χ1v) is 7.37. The van der Waals surface area contributed by atoms with E-state index in [4.69, 9.17) is 14.6 Å². The third kappa shape index (κ3) is 2.94. The first-order chi connectivity index (χ1) is 8.93. The lowest BCUT2D eigenvalue weighted by Crippen LogP contribution is -2.38. The third-order valence-corrected chi connectivity index (χ3v) is 3.66. The molecule has 19 heavy (non-hydrogen) atoms. The summed E-state index contributed by atoms with van der Waals surface area (Å²) in [6, 6.07) is 0. The number of aromatic amines is 1. The third-order valence-electron chi connectivity index (χ3n) is 2.65. The number of nitrogens with one attached hydrogen (secondary N) is 1. The van der Waals surface area contributed by atoms with Gasteiger partial charge in [0.1, 0.15) is 11.0 Å². The van der Waals surface area contributed by atoms with E-state index in [2.05, 4.69) is 10.2 Å². The largest absolute Gasteiger partial charge is 0.453 e. The molecule has 0 amide bonds. The highest BCUT2D eigenvalue weighted by Gasteiger charge is 2.31. The zero-order valence-corrected chi connectivity index (χ0v) is 11.2. The Bertz CT molecular complexity index is 576. The van der Waals surface area contributed by atoms with E-state index in [1.54, 1.807) is 0 Å². The van der Waals surface area contributed by atoms with Crippen LogP contribution in [0, 0.1) is 0 Å². The van der Waals surface area contributed by atoms with Crippen molar-refractivity contribution < 1.29 is 22.7 Å². The molecule has 0 unspecified atom stereocenters. The van der Waals surface area contributed by atoms with Gasteiger partial charge in [0.2, 0.25) is 10.0 Å². The average molecular weight is 289 g/mol. The molecule has 8 nitrogen and oxygen atoms in total. The summed E-state index contributed by atoms with van der Waals surface area (Å²) in [6.45, 7) is 2.49. The fourth-order valence-corrected chi connectivity index (χ4v) is 2.61. The highest BCUT2D eigenvalue weighted by molar-refractivity contribution is 7.89. The van der Waals surface area contributed by atoms with Crippen molar-refractivity contribution in [2.24, 2.45) is 5.14 Å². The van der Waals surface area contributed by atoms with Crippen LogP contribution in [0.5, 0.6) is 0 Å². The molecule has 1 aliphatic rings. The van der Waals surface area contributed by atoms with Crippen molar-refractivity contribution in [2.75, 3.05) is 13.2 Å². The van der Waals surface area contributed by atoms with E-state index >= 15 is 0 Å². The number of carbonyl (C=O) groups excluding carboxylic acids is 1. The highest BCUT2D eigenvalue weighted by Crippen LogP contribution is 2.20. The molecule has 2 heterocycles. The van der Waals surface area contributed by atoms with Crippen molar-refractivity contribution in [3.05, 3.63) is 11.4 Å². The number of ether oxygens (including phenoxy) is 2. The minimum absolute atomic E-state index is 0.278. The van der Waals surface area contributed by atoms with Crippen LogP contribution in [0.15, 0.2) is 4.90 Å². The number of H-pyrrole nitrogens is 1. The lowest BCUT2D eigenvalue weighted by Gasteiger charge is -2.25. The van der Waals surface area contributed by atoms with E-state index in [0.29, 0.717) is 31.7 Å². The predicted molar refractivity (Wildman–Crippen MR) is 64.0 cm³/mol. The van der Waals surface area contributed by atoms with Gasteiger partial charge in [-0.25, -0.2) is 18.4 Å². The average Bonchev–Trinajstić information content (AvgIpc) is 2.67. The number of hydrogen-bond donors (Lipinski definition) is 2. The molecule has 0 spiro atoms. The fraction of sp³-hybridized carbons (Fsp3) is 0.600. The quantitative estimate of drug-likeness (QED) is 0.708. The number of hydrogen-bond acceptors (Lipinski definition) is 6. The number of sulfonamides is 1. The van der Waals surface area contributed by atoms with E-state index in [1.807, 2.05) is 6.92 Å². The number of primary sulfonamides is 1. The van der Waals surface area contributed by atoms with E-state index < -0.39 is 16.0 Å². The zero-order valence-electron chi connectivity index (χ0n) is 10.4. The Morgan fingerprint density at radius 2 is 2.26 bits per heavy atom. The molecule has 0 radical (unpaired) electrons. The van der Waals surface area contributed by atoms with Gasteiger partial charge in [-0.05, 0) is 6.42 Å². The van der Waals surface area contributed by atoms with E-state index in [9.17, 15) is 13.2 Å². The summed E-state index contributed by atoms with van der Waals surface area (Å²) in [6.07, 6.45) is 0.765. The number of carbonyl (C=O) groups is 1. The Kier molecular flexibility index (Phi) is 3.88. The number of rotatable bonds is 5. The van der Waals surface area contributed by atoms with Crippen molar-refractivity contribution in [1.82, 2.24) is 10.2 Å². The van der Waals surface area contributed by atoms with Gasteiger partial charge in [-0.15, -0.1) is 0 Å². The number of nitrogens with zero attached hydrogens (tertiary/aromatic N) is 1. The lowest BCUT2D eigenvalue weighted by atomic mass is 10.2. The maximum atomic E-state index is 11.9. The standard InChI is InChI=1S/C10H15N3O5S/c1-2-3-7-9(19(11,15)16)8(13-12-7)10(14)18-6-4-17-5-6/h6H,2-5H2,1H3,(H,12,13)(H2,11,15,16). The molecule has 1 fully saturated rings. The summed E-state index contributed by atoms with van der Waals surface area (Å²) >= 11 is 0. The van der Waals surface area contributed by atoms with Gasteiger partial charge >= 0.3 is 5.97 Å². The van der Waals surface area contributed by atoms with Gasteiger partial charge in [-0.2, -0.15) is 5.10 Å². The molecule has 3 N–H and O–H groups in total. The van der Waals surface area contributed by atoms with Gasteiger partial charge in [0.25, 0.3) is 0 Å². The smallest absolute Gasteiger partial charge is 0.360 e. The van der Waals surface area contributed by atoms with Gasteiger partial charge in [0, 0.05) is 0 Å². The van der Waals surface area contributed by atoms with Crippen LogP contribution in [-0.2, 0) is 25.9 Å². The van der Waals surface area contributed by atoms with Crippen LogP contribution in [0.1, 0.15) is 29.5 Å². The molecule has 0 aromatic carbocycles. The van der Waals surface area contributed by atoms with Crippen molar-refractivity contribution in [3.63, 3.8) is 0 Å². The summed E-state index contributed by atoms with van der Waals surface area (Å²) in [5, 5.41) is 11.4. The van der Waals surface area contributed by atoms with Crippen LogP contribution < -0.4 is 5.14 Å². The molecule has 0 aliphatic carbocycles. The van der Waals surface area contributed by atoms with Crippen LogP contribution in [0.3, 0.4) is 0 Å². The fourth-order valence-electron chi connectivity index (χ4n) is 1.72. The molecular formula is C10H15N3O5S. The van der Waals surface area contributed by atoms with Crippen molar-refractivity contribution in [3.8, 4) is 0 Å². The van der Waals surface area contributed by atoms with Gasteiger partial charge < -0.3 is 9.47 Å². The van der Waals surface area contributed by atoms with Crippen molar-refractivity contribution >= 4 is 16.0 Å². The van der Waals surface area contributed by atoms with Crippen molar-refractivity contribution in [1.29, 1.82) is 0 Å². The Hall–Kier alpha value is -1.45. The molecule has 1 saturated heterocycles. The van der Waals surface area contributed by atoms with Crippen LogP contribution in [0.2, 0.25) is 0 Å². The monoisotopic (exact) mass is 289 g/mol. The second-order valence-corrected chi connectivity index (χ2v) is 5.74. The molecular weight excluding hydrogens is 274 g/mol. The Balaban J connectivity index is 2.31. The van der Waals surface area contributed by atoms with E-state index in [0.717, 1.165) is 0 Å². The maximum absolute atomic E-state index is 11.9. The number of esters is 1. The summed E-state index contributed by atoms with van der Waals surface area (Å²) in [4.78, 5) is 11.6. The summed E-state index contributed by atoms with van der Waals surface area (Å²) in [5.74, 6) is -0.809. The Morgan fingerprint density at radius 3 is 2.74 bits per heavy atom. The zero-order chi connectivity index (χ0) is 14.0. The lowest BCUT2D eigenvalue weighted by molar-refractivity contribution is -0.103. The number of aromatic nitrogens is 2. The minimum Gasteiger partial charge on any atom is -0.453 e. The summed E-state index contributed by atoms with van der Waals surface area (Å²) in [5.41, 5.74) is 0.0275. The Labute approximate surface area is 110 Å². The predicted octanol–water partition coefficient (Wildman–Crippen LogP) is -0.435. The first-order valence-electron chi connectivity index (χ1n) is 5.82. The van der Waals surface area contributed by atoms with Gasteiger partial charge in [-0.1, -0.05) is 13.3 Å². The second kappa shape index (κ2) is 5.27. The van der Waals surface area contributed by atoms with Crippen LogP contribution in [-0.4, -0.2) is 43.9 Å². The van der Waals surface area contributed by atoms with Crippen molar-refractivity contribution in [2.45, 2.75) is 30.8 Å². The summed E-state index contributed by atoms with van der Waals surface area (Å²) < 4.78 is 33.0. The van der Waals surface area contributed by atoms with E-state index in [1.165, 1.54) is 0 Å². The highest BCUT2D eigenvalue weighted by atomic mass is 32.2. The van der Waals surface area contributed by atoms with Gasteiger partial charge in [-0.3, -0.25) is 5.10 Å². The maximum Gasteiger partial charge on any atom is 0.360 e. The minimum atomic E-state index is -4.04. The van der Waals surface area contributed by atoms with Crippen LogP contribution in [0.4, 0.5) is 0 Å². The van der Waals surface area contributed by atoms with Gasteiger partial charge in [0.05, 0.1) is 18.9 Å². The van der Waals surface area contributed by atoms with Crippen LogP contribution in [0.25, 0.3) is 0 Å². The topological polar surface area (TPSA) is 124 Å². The number of nitrogens with two attached hydrogens (primary N) is 1. The Morgan fingerprint density at radius 1 is 1.58 bits per heavy atom. The second-order valence-electron chi connectivity index (χ2n) is 4.24. The molecule has 1 aromatic rings. The first kappa shape index (κ1) is 14.0. The molecule has 1 aromatic heterocycles. The molecule has 1 aliphatic heterocycles. The van der Waals surface area contributed by atoms with E-state index in [-0.39, 0.29) is 16.7 Å². The SMILES string of the molecule is CCCc1[nH]nc(C(=O)OC2COC2)c1S(N)(=O)=O. The van der Waals surface area contributed by atoms with Gasteiger partial charge in [0.15, 0.2) is 5.69 Å². The number of aryl methyl sites for hydroxylation is 1. The van der Waals surface area contributed by atoms with Crippen LogP contribution >= 0.6 is 0 Å². The normalized spacial score (nSPS) is 16.1.